The Balaban J connectivity index is 2.07. The maximum absolute atomic E-state index is 6.55. The molecule has 1 unspecified atom stereocenters. The van der Waals surface area contributed by atoms with E-state index in [1.807, 2.05) is 24.3 Å². The fraction of sp³-hybridized carbons (Fsp3) is 0.368. The predicted octanol–water partition coefficient (Wildman–Crippen LogP) is 4.31. The number of ether oxygens (including phenoxy) is 1. The van der Waals surface area contributed by atoms with E-state index in [1.165, 1.54) is 11.1 Å². The van der Waals surface area contributed by atoms with Crippen LogP contribution in [-0.4, -0.2) is 38.2 Å². The van der Waals surface area contributed by atoms with Gasteiger partial charge in [-0.25, -0.2) is 0 Å². The van der Waals surface area contributed by atoms with E-state index in [0.717, 1.165) is 37.5 Å². The first-order chi connectivity index (χ1) is 11.6. The van der Waals surface area contributed by atoms with Crippen molar-refractivity contribution >= 4 is 23.2 Å². The second kappa shape index (κ2) is 7.75. The summed E-state index contributed by atoms with van der Waals surface area (Å²) in [5, 5.41) is 4.78. The number of methoxy groups -OCH3 is 1. The Labute approximate surface area is 153 Å². The summed E-state index contributed by atoms with van der Waals surface area (Å²) in [4.78, 5) is 2.47. The van der Waals surface area contributed by atoms with Crippen LogP contribution in [0.5, 0.6) is 5.75 Å². The highest BCUT2D eigenvalue weighted by molar-refractivity contribution is 6.35. The van der Waals surface area contributed by atoms with Crippen LogP contribution in [0.15, 0.2) is 36.4 Å². The maximum Gasteiger partial charge on any atom is 0.119 e. The summed E-state index contributed by atoms with van der Waals surface area (Å²) in [6, 6.07) is 12.1. The first-order valence-electron chi connectivity index (χ1n) is 8.14. The molecule has 3 nitrogen and oxygen atoms in total. The number of aryl methyl sites for hydroxylation is 1. The zero-order chi connectivity index (χ0) is 17.1. The minimum Gasteiger partial charge on any atom is -0.497 e. The lowest BCUT2D eigenvalue weighted by Crippen LogP contribution is -2.45. The molecule has 1 aliphatic rings. The van der Waals surface area contributed by atoms with Crippen LogP contribution < -0.4 is 10.1 Å². The second-order valence-corrected chi connectivity index (χ2v) is 6.92. The summed E-state index contributed by atoms with van der Waals surface area (Å²) >= 11 is 12.7. The highest BCUT2D eigenvalue weighted by Gasteiger charge is 2.27. The van der Waals surface area contributed by atoms with Gasteiger partial charge in [-0.2, -0.15) is 0 Å². The van der Waals surface area contributed by atoms with E-state index in [9.17, 15) is 0 Å². The van der Waals surface area contributed by atoms with Crippen molar-refractivity contribution in [3.05, 3.63) is 63.1 Å². The van der Waals surface area contributed by atoms with Crippen LogP contribution in [0.3, 0.4) is 0 Å². The van der Waals surface area contributed by atoms with Crippen LogP contribution in [0.4, 0.5) is 0 Å². The molecule has 1 heterocycles. The van der Waals surface area contributed by atoms with Gasteiger partial charge in [0.25, 0.3) is 0 Å². The number of benzene rings is 2. The Morgan fingerprint density at radius 3 is 2.38 bits per heavy atom. The van der Waals surface area contributed by atoms with Crippen molar-refractivity contribution in [1.82, 2.24) is 10.2 Å². The van der Waals surface area contributed by atoms with Gasteiger partial charge >= 0.3 is 0 Å². The van der Waals surface area contributed by atoms with Crippen molar-refractivity contribution < 1.29 is 4.74 Å². The first-order valence-corrected chi connectivity index (χ1v) is 8.90. The third-order valence-electron chi connectivity index (χ3n) is 4.55. The van der Waals surface area contributed by atoms with Gasteiger partial charge in [-0.3, -0.25) is 4.90 Å². The quantitative estimate of drug-likeness (QED) is 0.874. The summed E-state index contributed by atoms with van der Waals surface area (Å²) in [6.07, 6.45) is 0. The summed E-state index contributed by atoms with van der Waals surface area (Å²) in [5.41, 5.74) is 3.54. The third-order valence-corrected chi connectivity index (χ3v) is 5.11. The lowest BCUT2D eigenvalue weighted by atomic mass is 9.93. The fourth-order valence-electron chi connectivity index (χ4n) is 3.31. The van der Waals surface area contributed by atoms with E-state index in [-0.39, 0.29) is 6.04 Å². The molecule has 0 radical (unpaired) electrons. The topological polar surface area (TPSA) is 24.5 Å². The van der Waals surface area contributed by atoms with Crippen molar-refractivity contribution in [3.63, 3.8) is 0 Å². The zero-order valence-electron chi connectivity index (χ0n) is 14.0. The summed E-state index contributed by atoms with van der Waals surface area (Å²) < 4.78 is 5.35. The molecule has 128 valence electrons. The van der Waals surface area contributed by atoms with Crippen LogP contribution in [0.1, 0.15) is 22.7 Å². The standard InChI is InChI=1S/C19H22Cl2N2O/c1-13-11-15(24-2)4-6-16(13)19(23-9-7-22-8-10-23)17-5-3-14(20)12-18(17)21/h3-6,11-12,19,22H,7-10H2,1-2H3. The summed E-state index contributed by atoms with van der Waals surface area (Å²) in [6.45, 7) is 6.05. The molecule has 1 N–H and O–H groups in total. The molecular formula is C19H22Cl2N2O. The number of halogens is 2. The number of nitrogens with one attached hydrogen (secondary N) is 1. The molecule has 0 amide bonds. The lowest BCUT2D eigenvalue weighted by molar-refractivity contribution is 0.198. The van der Waals surface area contributed by atoms with E-state index >= 15 is 0 Å². The second-order valence-electron chi connectivity index (χ2n) is 6.08. The molecular weight excluding hydrogens is 343 g/mol. The van der Waals surface area contributed by atoms with Crippen LogP contribution in [0.25, 0.3) is 0 Å². The van der Waals surface area contributed by atoms with Gasteiger partial charge in [0.15, 0.2) is 0 Å². The van der Waals surface area contributed by atoms with E-state index < -0.39 is 0 Å². The number of hydrogen-bond acceptors (Lipinski definition) is 3. The van der Waals surface area contributed by atoms with Crippen LogP contribution >= 0.6 is 23.2 Å². The van der Waals surface area contributed by atoms with Gasteiger partial charge in [0.05, 0.1) is 13.2 Å². The average molecular weight is 365 g/mol. The average Bonchev–Trinajstić information content (AvgIpc) is 2.59. The Hall–Kier alpha value is -1.26. The minimum absolute atomic E-state index is 0.114. The Morgan fingerprint density at radius 1 is 1.04 bits per heavy atom. The molecule has 0 spiro atoms. The fourth-order valence-corrected chi connectivity index (χ4v) is 3.82. The summed E-state index contributed by atoms with van der Waals surface area (Å²) in [7, 11) is 1.69. The Kier molecular flexibility index (Phi) is 5.67. The van der Waals surface area contributed by atoms with Gasteiger partial charge in [-0.05, 0) is 47.9 Å². The van der Waals surface area contributed by atoms with Crippen molar-refractivity contribution in [2.45, 2.75) is 13.0 Å². The van der Waals surface area contributed by atoms with Crippen LogP contribution in [0, 0.1) is 6.92 Å². The molecule has 1 aliphatic heterocycles. The van der Waals surface area contributed by atoms with E-state index in [2.05, 4.69) is 29.3 Å². The SMILES string of the molecule is COc1ccc(C(c2ccc(Cl)cc2Cl)N2CCNCC2)c(C)c1. The molecule has 1 fully saturated rings. The molecule has 0 saturated carbocycles. The molecule has 0 bridgehead atoms. The highest BCUT2D eigenvalue weighted by Crippen LogP contribution is 2.37. The maximum atomic E-state index is 6.55. The number of hydrogen-bond donors (Lipinski definition) is 1. The molecule has 5 heteroatoms. The first kappa shape index (κ1) is 17.6. The molecule has 2 aromatic rings. The van der Waals surface area contributed by atoms with Crippen molar-refractivity contribution in [3.8, 4) is 5.75 Å². The van der Waals surface area contributed by atoms with E-state index in [4.69, 9.17) is 27.9 Å². The molecule has 1 atom stereocenters. The summed E-state index contributed by atoms with van der Waals surface area (Å²) in [5.74, 6) is 0.873. The van der Waals surface area contributed by atoms with Crippen LogP contribution in [-0.2, 0) is 0 Å². The zero-order valence-corrected chi connectivity index (χ0v) is 15.5. The number of nitrogens with zero attached hydrogens (tertiary/aromatic N) is 1. The van der Waals surface area contributed by atoms with Gasteiger partial charge < -0.3 is 10.1 Å². The monoisotopic (exact) mass is 364 g/mol. The lowest BCUT2D eigenvalue weighted by Gasteiger charge is -2.36. The van der Waals surface area contributed by atoms with Gasteiger partial charge in [0, 0.05) is 36.2 Å². The van der Waals surface area contributed by atoms with Crippen molar-refractivity contribution in [1.29, 1.82) is 0 Å². The normalized spacial score (nSPS) is 16.8. The van der Waals surface area contributed by atoms with E-state index in [1.54, 1.807) is 7.11 Å². The Bertz CT molecular complexity index is 715. The van der Waals surface area contributed by atoms with Crippen molar-refractivity contribution in [2.24, 2.45) is 0 Å². The highest BCUT2D eigenvalue weighted by atomic mass is 35.5. The van der Waals surface area contributed by atoms with Crippen molar-refractivity contribution in [2.75, 3.05) is 33.3 Å². The van der Waals surface area contributed by atoms with Gasteiger partial charge in [-0.1, -0.05) is 35.3 Å². The minimum atomic E-state index is 0.114. The molecule has 0 aliphatic carbocycles. The van der Waals surface area contributed by atoms with Crippen LogP contribution in [0.2, 0.25) is 10.0 Å². The molecule has 0 aromatic heterocycles. The third kappa shape index (κ3) is 3.70. The Morgan fingerprint density at radius 2 is 1.75 bits per heavy atom. The van der Waals surface area contributed by atoms with Gasteiger partial charge in [0.2, 0.25) is 0 Å². The number of rotatable bonds is 4. The molecule has 24 heavy (non-hydrogen) atoms. The molecule has 3 rings (SSSR count). The van der Waals surface area contributed by atoms with Gasteiger partial charge in [0.1, 0.15) is 5.75 Å². The smallest absolute Gasteiger partial charge is 0.119 e. The predicted molar refractivity (Wildman–Crippen MR) is 100 cm³/mol. The van der Waals surface area contributed by atoms with Gasteiger partial charge in [-0.15, -0.1) is 0 Å². The molecule has 2 aromatic carbocycles. The molecule has 1 saturated heterocycles. The number of piperazine rings is 1. The largest absolute Gasteiger partial charge is 0.497 e. The van der Waals surface area contributed by atoms with E-state index in [0.29, 0.717) is 10.0 Å².